The van der Waals surface area contributed by atoms with E-state index < -0.39 is 30.4 Å². The SMILES string of the molecule is C=C(CC(C)CC(O)(O)CC(=C)C(=O)O)C(=O)O.CCCC(O)O. The van der Waals surface area contributed by atoms with Crippen LogP contribution >= 0.6 is 0 Å². The van der Waals surface area contributed by atoms with E-state index in [1.165, 1.54) is 0 Å². The second-order valence-electron chi connectivity index (χ2n) is 5.76. The lowest BCUT2D eigenvalue weighted by molar-refractivity contribution is -0.174. The average Bonchev–Trinajstić information content (AvgIpc) is 2.37. The molecule has 0 saturated heterocycles. The van der Waals surface area contributed by atoms with Gasteiger partial charge in [-0.2, -0.15) is 0 Å². The lowest BCUT2D eigenvalue weighted by Gasteiger charge is -2.25. The normalized spacial score (nSPS) is 12.1. The van der Waals surface area contributed by atoms with Gasteiger partial charge < -0.3 is 30.6 Å². The monoisotopic (exact) mass is 348 g/mol. The smallest absolute Gasteiger partial charge is 0.331 e. The summed E-state index contributed by atoms with van der Waals surface area (Å²) in [4.78, 5) is 21.1. The third-order valence-electron chi connectivity index (χ3n) is 2.92. The molecule has 0 aliphatic heterocycles. The van der Waals surface area contributed by atoms with Gasteiger partial charge in [-0.25, -0.2) is 9.59 Å². The molecule has 1 atom stereocenters. The molecule has 0 fully saturated rings. The van der Waals surface area contributed by atoms with Crippen LogP contribution in [-0.4, -0.2) is 54.7 Å². The van der Waals surface area contributed by atoms with Crippen molar-refractivity contribution in [3.05, 3.63) is 24.3 Å². The number of carbonyl (C=O) groups is 2. The molecular weight excluding hydrogens is 320 g/mol. The summed E-state index contributed by atoms with van der Waals surface area (Å²) < 4.78 is 0. The van der Waals surface area contributed by atoms with Crippen LogP contribution < -0.4 is 0 Å². The lowest BCUT2D eigenvalue weighted by Crippen LogP contribution is -2.32. The molecule has 140 valence electrons. The molecule has 0 aromatic carbocycles. The van der Waals surface area contributed by atoms with Crippen molar-refractivity contribution < 1.29 is 40.2 Å². The van der Waals surface area contributed by atoms with Gasteiger partial charge >= 0.3 is 11.9 Å². The Kier molecular flexibility index (Phi) is 12.0. The minimum absolute atomic E-state index is 0.0321. The molecule has 6 N–H and O–H groups in total. The predicted molar refractivity (Wildman–Crippen MR) is 86.9 cm³/mol. The van der Waals surface area contributed by atoms with Gasteiger partial charge in [-0.15, -0.1) is 0 Å². The van der Waals surface area contributed by atoms with E-state index in [0.717, 1.165) is 6.42 Å². The Bertz CT molecular complexity index is 439. The van der Waals surface area contributed by atoms with Gasteiger partial charge in [0.2, 0.25) is 0 Å². The summed E-state index contributed by atoms with van der Waals surface area (Å²) in [6, 6.07) is 0. The maximum atomic E-state index is 10.6. The molecule has 0 heterocycles. The molecule has 0 spiro atoms. The van der Waals surface area contributed by atoms with Gasteiger partial charge in [0.15, 0.2) is 12.1 Å². The van der Waals surface area contributed by atoms with Crippen LogP contribution in [0.3, 0.4) is 0 Å². The van der Waals surface area contributed by atoms with E-state index in [-0.39, 0.29) is 29.9 Å². The van der Waals surface area contributed by atoms with E-state index in [2.05, 4.69) is 13.2 Å². The summed E-state index contributed by atoms with van der Waals surface area (Å²) in [5, 5.41) is 52.7. The first-order valence-corrected chi connectivity index (χ1v) is 7.45. The quantitative estimate of drug-likeness (QED) is 0.251. The summed E-state index contributed by atoms with van der Waals surface area (Å²) >= 11 is 0. The molecule has 0 amide bonds. The van der Waals surface area contributed by atoms with Crippen LogP contribution in [0.4, 0.5) is 0 Å². The highest BCUT2D eigenvalue weighted by atomic mass is 16.5. The number of aliphatic carboxylic acids is 2. The van der Waals surface area contributed by atoms with Gasteiger partial charge in [0.05, 0.1) is 0 Å². The van der Waals surface area contributed by atoms with Crippen LogP contribution in [0.1, 0.15) is 46.0 Å². The fourth-order valence-corrected chi connectivity index (χ4v) is 1.89. The number of rotatable bonds is 10. The van der Waals surface area contributed by atoms with Crippen molar-refractivity contribution >= 4 is 11.9 Å². The van der Waals surface area contributed by atoms with Gasteiger partial charge in [0.25, 0.3) is 0 Å². The molecule has 0 saturated carbocycles. The second-order valence-corrected chi connectivity index (χ2v) is 5.76. The van der Waals surface area contributed by atoms with E-state index in [0.29, 0.717) is 6.42 Å². The maximum absolute atomic E-state index is 10.6. The molecular formula is C16H28O8. The van der Waals surface area contributed by atoms with Crippen LogP contribution in [0.15, 0.2) is 24.3 Å². The van der Waals surface area contributed by atoms with Gasteiger partial charge in [-0.1, -0.05) is 33.4 Å². The summed E-state index contributed by atoms with van der Waals surface area (Å²) in [5.74, 6) is -5.01. The third-order valence-corrected chi connectivity index (χ3v) is 2.92. The zero-order valence-corrected chi connectivity index (χ0v) is 14.1. The topological polar surface area (TPSA) is 156 Å². The van der Waals surface area contributed by atoms with Crippen LogP contribution in [-0.2, 0) is 9.59 Å². The van der Waals surface area contributed by atoms with Crippen LogP contribution in [0.5, 0.6) is 0 Å². The highest BCUT2D eigenvalue weighted by molar-refractivity contribution is 5.86. The van der Waals surface area contributed by atoms with E-state index in [9.17, 15) is 19.8 Å². The van der Waals surface area contributed by atoms with Crippen molar-refractivity contribution in [2.45, 2.75) is 58.0 Å². The first-order chi connectivity index (χ1) is 10.8. The molecule has 0 rings (SSSR count). The first-order valence-electron chi connectivity index (χ1n) is 7.45. The van der Waals surface area contributed by atoms with Crippen molar-refractivity contribution in [3.63, 3.8) is 0 Å². The Morgan fingerprint density at radius 2 is 1.50 bits per heavy atom. The van der Waals surface area contributed by atoms with Crippen LogP contribution in [0, 0.1) is 5.92 Å². The second kappa shape index (κ2) is 11.7. The summed E-state index contributed by atoms with van der Waals surface area (Å²) in [6.45, 7) is 10.1. The molecule has 8 nitrogen and oxygen atoms in total. The van der Waals surface area contributed by atoms with Crippen molar-refractivity contribution in [1.29, 1.82) is 0 Å². The number of carboxylic acid groups (broad SMARTS) is 2. The van der Waals surface area contributed by atoms with Crippen molar-refractivity contribution in [2.75, 3.05) is 0 Å². The van der Waals surface area contributed by atoms with E-state index in [1.807, 2.05) is 6.92 Å². The zero-order valence-electron chi connectivity index (χ0n) is 14.1. The van der Waals surface area contributed by atoms with Gasteiger partial charge in [-0.05, 0) is 18.8 Å². The highest BCUT2D eigenvalue weighted by Gasteiger charge is 2.29. The summed E-state index contributed by atoms with van der Waals surface area (Å²) in [6.07, 6.45) is -0.345. The third kappa shape index (κ3) is 13.9. The Hall–Kier alpha value is -1.74. The predicted octanol–water partition coefficient (Wildman–Crippen LogP) is 0.853. The van der Waals surface area contributed by atoms with Crippen LogP contribution in [0.2, 0.25) is 0 Å². The molecule has 24 heavy (non-hydrogen) atoms. The highest BCUT2D eigenvalue weighted by Crippen LogP contribution is 2.25. The number of aliphatic hydroxyl groups is 4. The number of aliphatic hydroxyl groups excluding tert-OH is 1. The maximum Gasteiger partial charge on any atom is 0.331 e. The van der Waals surface area contributed by atoms with Gasteiger partial charge in [0, 0.05) is 24.0 Å². The Balaban J connectivity index is 0. The minimum Gasteiger partial charge on any atom is -0.478 e. The Morgan fingerprint density at radius 1 is 1.04 bits per heavy atom. The summed E-state index contributed by atoms with van der Waals surface area (Å²) in [5.41, 5.74) is -0.348. The molecule has 8 heteroatoms. The first kappa shape index (κ1) is 24.5. The number of hydrogen-bond donors (Lipinski definition) is 6. The number of carboxylic acids is 2. The Morgan fingerprint density at radius 3 is 1.79 bits per heavy atom. The van der Waals surface area contributed by atoms with Crippen molar-refractivity contribution in [1.82, 2.24) is 0 Å². The largest absolute Gasteiger partial charge is 0.478 e. The molecule has 0 aromatic rings. The van der Waals surface area contributed by atoms with Crippen LogP contribution in [0.25, 0.3) is 0 Å². The standard InChI is InChI=1S/C12H18O6.C4H10O2/c1-7(4-8(2)10(13)14)5-12(17,18)6-9(3)11(15)16;1-2-3-4(5)6/h7,17-18H,2-6H2,1H3,(H,13,14)(H,15,16);4-6H,2-3H2,1H3. The average molecular weight is 348 g/mol. The molecule has 0 aliphatic carbocycles. The molecule has 0 aromatic heterocycles. The Labute approximate surface area is 141 Å². The molecule has 1 unspecified atom stereocenters. The fraction of sp³-hybridized carbons (Fsp3) is 0.625. The van der Waals surface area contributed by atoms with Gasteiger partial charge in [0.1, 0.15) is 0 Å². The van der Waals surface area contributed by atoms with E-state index >= 15 is 0 Å². The minimum atomic E-state index is -2.21. The van der Waals surface area contributed by atoms with Crippen molar-refractivity contribution in [2.24, 2.45) is 5.92 Å². The molecule has 0 aliphatic rings. The van der Waals surface area contributed by atoms with Crippen molar-refractivity contribution in [3.8, 4) is 0 Å². The van der Waals surface area contributed by atoms with Gasteiger partial charge in [-0.3, -0.25) is 0 Å². The number of hydrogen-bond acceptors (Lipinski definition) is 6. The van der Waals surface area contributed by atoms with E-state index in [1.54, 1.807) is 6.92 Å². The lowest BCUT2D eigenvalue weighted by atomic mass is 9.91. The molecule has 0 bridgehead atoms. The summed E-state index contributed by atoms with van der Waals surface area (Å²) in [7, 11) is 0. The fourth-order valence-electron chi connectivity index (χ4n) is 1.89. The van der Waals surface area contributed by atoms with E-state index in [4.69, 9.17) is 20.4 Å². The molecule has 0 radical (unpaired) electrons. The zero-order chi connectivity index (χ0) is 19.5.